The second-order valence-corrected chi connectivity index (χ2v) is 7.89. The quantitative estimate of drug-likeness (QED) is 0.507. The monoisotopic (exact) mass is 495 g/mol. The number of para-hydroxylation sites is 1. The molecule has 0 aliphatic heterocycles. The van der Waals surface area contributed by atoms with E-state index in [1.54, 1.807) is 80.8 Å². The number of rotatable bonds is 7. The largest absolute Gasteiger partial charge is 0.484 e. The van der Waals surface area contributed by atoms with Crippen LogP contribution in [-0.2, 0) is 4.79 Å². The summed E-state index contributed by atoms with van der Waals surface area (Å²) >= 11 is 3.36. The minimum Gasteiger partial charge on any atom is -0.484 e. The fraction of sp³-hybridized carbons (Fsp3) is 0.125. The van der Waals surface area contributed by atoms with Gasteiger partial charge in [0.2, 0.25) is 0 Å². The highest BCUT2D eigenvalue weighted by molar-refractivity contribution is 9.10. The van der Waals surface area contributed by atoms with Gasteiger partial charge in [-0.25, -0.2) is 0 Å². The lowest BCUT2D eigenvalue weighted by Gasteiger charge is -2.13. The fourth-order valence-electron chi connectivity index (χ4n) is 2.73. The first-order valence-corrected chi connectivity index (χ1v) is 10.5. The molecule has 3 rings (SSSR count). The van der Waals surface area contributed by atoms with Crippen LogP contribution >= 0.6 is 15.9 Å². The van der Waals surface area contributed by atoms with E-state index in [0.717, 1.165) is 0 Å². The third-order valence-electron chi connectivity index (χ3n) is 4.51. The Morgan fingerprint density at radius 3 is 2.06 bits per heavy atom. The van der Waals surface area contributed by atoms with Crippen LogP contribution in [0.1, 0.15) is 20.7 Å². The average molecular weight is 496 g/mol. The Balaban J connectivity index is 1.68. The number of nitrogens with one attached hydrogen (secondary N) is 2. The first-order chi connectivity index (χ1) is 15.3. The number of anilines is 2. The van der Waals surface area contributed by atoms with Gasteiger partial charge < -0.3 is 20.3 Å². The van der Waals surface area contributed by atoms with E-state index in [9.17, 15) is 14.4 Å². The summed E-state index contributed by atoms with van der Waals surface area (Å²) in [7, 11) is 3.31. The van der Waals surface area contributed by atoms with Crippen molar-refractivity contribution in [2.75, 3.05) is 31.3 Å². The molecule has 0 aromatic heterocycles. The molecule has 3 aromatic carbocycles. The van der Waals surface area contributed by atoms with Crippen LogP contribution < -0.4 is 15.4 Å². The van der Waals surface area contributed by atoms with Crippen molar-refractivity contribution in [3.63, 3.8) is 0 Å². The first-order valence-electron chi connectivity index (χ1n) is 9.74. The van der Waals surface area contributed by atoms with E-state index in [4.69, 9.17) is 4.74 Å². The molecule has 0 aliphatic rings. The van der Waals surface area contributed by atoms with E-state index in [1.165, 1.54) is 4.90 Å². The molecule has 3 amide bonds. The molecule has 0 heterocycles. The van der Waals surface area contributed by atoms with E-state index < -0.39 is 0 Å². The zero-order valence-corrected chi connectivity index (χ0v) is 19.2. The van der Waals surface area contributed by atoms with Crippen molar-refractivity contribution in [2.24, 2.45) is 0 Å². The number of carbonyl (C=O) groups is 3. The van der Waals surface area contributed by atoms with Gasteiger partial charge >= 0.3 is 0 Å². The van der Waals surface area contributed by atoms with Crippen molar-refractivity contribution in [1.29, 1.82) is 0 Å². The van der Waals surface area contributed by atoms with E-state index in [2.05, 4.69) is 26.6 Å². The summed E-state index contributed by atoms with van der Waals surface area (Å²) in [5.74, 6) is -0.334. The predicted molar refractivity (Wildman–Crippen MR) is 127 cm³/mol. The number of hydrogen-bond donors (Lipinski definition) is 2. The highest BCUT2D eigenvalue weighted by Gasteiger charge is 2.16. The number of nitrogens with zero attached hydrogens (tertiary/aromatic N) is 1. The summed E-state index contributed by atoms with van der Waals surface area (Å²) in [5.41, 5.74) is 1.73. The number of benzene rings is 3. The summed E-state index contributed by atoms with van der Waals surface area (Å²) in [5, 5.41) is 5.60. The Labute approximate surface area is 194 Å². The number of carbonyl (C=O) groups excluding carboxylic acids is 3. The van der Waals surface area contributed by atoms with Crippen molar-refractivity contribution in [3.05, 3.63) is 88.4 Å². The Hall–Kier alpha value is -3.65. The van der Waals surface area contributed by atoms with Crippen molar-refractivity contribution in [1.82, 2.24) is 4.90 Å². The summed E-state index contributed by atoms with van der Waals surface area (Å²) in [6, 6.07) is 20.5. The van der Waals surface area contributed by atoms with Gasteiger partial charge in [-0.3, -0.25) is 14.4 Å². The number of likely N-dealkylation sites (N-methyl/N-ethyl adjacent to an activating group) is 1. The van der Waals surface area contributed by atoms with Gasteiger partial charge in [-0.2, -0.15) is 0 Å². The molecular formula is C24H22BrN3O4. The van der Waals surface area contributed by atoms with Gasteiger partial charge in [0.25, 0.3) is 17.7 Å². The Bertz CT molecular complexity index is 1130. The van der Waals surface area contributed by atoms with Gasteiger partial charge in [0.05, 0.1) is 16.8 Å². The third kappa shape index (κ3) is 5.95. The predicted octanol–water partition coefficient (Wildman–Crippen LogP) is 4.42. The van der Waals surface area contributed by atoms with Gasteiger partial charge in [0.15, 0.2) is 6.61 Å². The lowest BCUT2D eigenvalue weighted by molar-refractivity contribution is -0.130. The second kappa shape index (κ2) is 10.6. The third-order valence-corrected chi connectivity index (χ3v) is 5.20. The lowest BCUT2D eigenvalue weighted by Crippen LogP contribution is -2.27. The van der Waals surface area contributed by atoms with Crippen LogP contribution in [0, 0.1) is 0 Å². The van der Waals surface area contributed by atoms with E-state index in [-0.39, 0.29) is 24.3 Å². The van der Waals surface area contributed by atoms with E-state index in [1.807, 2.05) is 6.07 Å². The fourth-order valence-corrected chi connectivity index (χ4v) is 3.20. The minimum atomic E-state index is -0.371. The summed E-state index contributed by atoms with van der Waals surface area (Å²) in [6.07, 6.45) is 0. The number of amides is 3. The Kier molecular flexibility index (Phi) is 7.62. The number of hydrogen-bond acceptors (Lipinski definition) is 4. The zero-order valence-electron chi connectivity index (χ0n) is 17.6. The molecule has 32 heavy (non-hydrogen) atoms. The van der Waals surface area contributed by atoms with Crippen molar-refractivity contribution in [3.8, 4) is 5.75 Å². The minimum absolute atomic E-state index is 0.0662. The summed E-state index contributed by atoms with van der Waals surface area (Å²) in [4.78, 5) is 38.5. The maximum atomic E-state index is 12.8. The van der Waals surface area contributed by atoms with Crippen molar-refractivity contribution < 1.29 is 19.1 Å². The van der Waals surface area contributed by atoms with Crippen molar-refractivity contribution >= 4 is 45.0 Å². The number of ether oxygens (including phenoxy) is 1. The van der Waals surface area contributed by atoms with Crippen LogP contribution in [0.25, 0.3) is 0 Å². The molecule has 0 atom stereocenters. The van der Waals surface area contributed by atoms with E-state index in [0.29, 0.717) is 32.7 Å². The van der Waals surface area contributed by atoms with Crippen LogP contribution in [0.5, 0.6) is 5.75 Å². The smallest absolute Gasteiger partial charge is 0.259 e. The molecule has 7 nitrogen and oxygen atoms in total. The molecular weight excluding hydrogens is 474 g/mol. The molecule has 0 aliphatic carbocycles. The van der Waals surface area contributed by atoms with Gasteiger partial charge in [0, 0.05) is 24.3 Å². The van der Waals surface area contributed by atoms with Gasteiger partial charge in [-0.05, 0) is 64.5 Å². The highest BCUT2D eigenvalue weighted by atomic mass is 79.9. The summed E-state index contributed by atoms with van der Waals surface area (Å²) in [6.45, 7) is -0.0662. The molecule has 0 saturated heterocycles. The average Bonchev–Trinajstić information content (AvgIpc) is 2.78. The molecule has 2 N–H and O–H groups in total. The van der Waals surface area contributed by atoms with E-state index >= 15 is 0 Å². The topological polar surface area (TPSA) is 87.7 Å². The normalized spacial score (nSPS) is 10.2. The second-order valence-electron chi connectivity index (χ2n) is 7.03. The molecule has 0 radical (unpaired) electrons. The van der Waals surface area contributed by atoms with Crippen LogP contribution in [0.3, 0.4) is 0 Å². The number of halogens is 1. The molecule has 0 bridgehead atoms. The van der Waals surface area contributed by atoms with Crippen LogP contribution in [0.4, 0.5) is 11.4 Å². The highest BCUT2D eigenvalue weighted by Crippen LogP contribution is 2.22. The standard InChI is InChI=1S/C24H22BrN3O4/c1-28(2)22(29)15-32-17-13-11-16(12-14-17)26-24(31)19-8-4-6-10-21(19)27-23(30)18-7-3-5-9-20(18)25/h3-14H,15H2,1-2H3,(H,26,31)(H,27,30). The van der Waals surface area contributed by atoms with Crippen molar-refractivity contribution in [2.45, 2.75) is 0 Å². The maximum absolute atomic E-state index is 12.8. The van der Waals surface area contributed by atoms with Crippen LogP contribution in [0.15, 0.2) is 77.3 Å². The molecule has 0 spiro atoms. The molecule has 164 valence electrons. The molecule has 8 heteroatoms. The Morgan fingerprint density at radius 1 is 0.812 bits per heavy atom. The molecule has 0 fully saturated rings. The molecule has 0 unspecified atom stereocenters. The van der Waals surface area contributed by atoms with Gasteiger partial charge in [-0.15, -0.1) is 0 Å². The van der Waals surface area contributed by atoms with Gasteiger partial charge in [0.1, 0.15) is 5.75 Å². The molecule has 0 saturated carbocycles. The Morgan fingerprint density at radius 2 is 1.41 bits per heavy atom. The zero-order chi connectivity index (χ0) is 23.1. The van der Waals surface area contributed by atoms with Crippen LogP contribution in [-0.4, -0.2) is 43.3 Å². The summed E-state index contributed by atoms with van der Waals surface area (Å²) < 4.78 is 6.09. The molecule has 3 aromatic rings. The first kappa shape index (κ1) is 23.0. The lowest BCUT2D eigenvalue weighted by atomic mass is 10.1. The van der Waals surface area contributed by atoms with Gasteiger partial charge in [-0.1, -0.05) is 24.3 Å². The maximum Gasteiger partial charge on any atom is 0.259 e. The SMILES string of the molecule is CN(C)C(=O)COc1ccc(NC(=O)c2ccccc2NC(=O)c2ccccc2Br)cc1. The van der Waals surface area contributed by atoms with Crippen LogP contribution in [0.2, 0.25) is 0 Å².